The van der Waals surface area contributed by atoms with Crippen molar-refractivity contribution in [1.29, 1.82) is 0 Å². The van der Waals surface area contributed by atoms with E-state index in [0.717, 1.165) is 30.4 Å². The van der Waals surface area contributed by atoms with Gasteiger partial charge in [0.2, 0.25) is 5.91 Å². The van der Waals surface area contributed by atoms with E-state index in [9.17, 15) is 14.4 Å². The molecule has 1 aliphatic heterocycles. The van der Waals surface area contributed by atoms with E-state index in [-0.39, 0.29) is 23.1 Å². The quantitative estimate of drug-likeness (QED) is 0.834. The van der Waals surface area contributed by atoms with Gasteiger partial charge in [0.1, 0.15) is 5.82 Å². The summed E-state index contributed by atoms with van der Waals surface area (Å²) < 4.78 is 2.56. The number of rotatable bonds is 5. The number of hydrogen-bond donors (Lipinski definition) is 1. The highest BCUT2D eigenvalue weighted by molar-refractivity contribution is 7.09. The van der Waals surface area contributed by atoms with Crippen LogP contribution in [0.15, 0.2) is 33.2 Å². The van der Waals surface area contributed by atoms with Crippen molar-refractivity contribution >= 4 is 23.1 Å². The third-order valence-electron chi connectivity index (χ3n) is 4.87. The lowest BCUT2D eigenvalue weighted by Gasteiger charge is -2.34. The van der Waals surface area contributed by atoms with Gasteiger partial charge in [-0.25, -0.2) is 4.79 Å². The summed E-state index contributed by atoms with van der Waals surface area (Å²) in [4.78, 5) is 39.8. The first-order chi connectivity index (χ1) is 12.5. The second-order valence-corrected chi connectivity index (χ2v) is 7.68. The molecule has 0 aliphatic carbocycles. The molecule has 2 aromatic heterocycles. The monoisotopic (exact) mass is 376 g/mol. The lowest BCUT2D eigenvalue weighted by Crippen LogP contribution is -2.46. The first-order valence-electron chi connectivity index (χ1n) is 8.79. The number of aromatic nitrogens is 2. The summed E-state index contributed by atoms with van der Waals surface area (Å²) in [7, 11) is 3.12. The second kappa shape index (κ2) is 7.90. The highest BCUT2D eigenvalue weighted by Gasteiger charge is 2.27. The number of carbonyl (C=O) groups excluding carboxylic acids is 1. The van der Waals surface area contributed by atoms with Crippen molar-refractivity contribution in [3.05, 3.63) is 49.3 Å². The first-order valence-corrected chi connectivity index (χ1v) is 9.67. The molecule has 2 aromatic rings. The van der Waals surface area contributed by atoms with Gasteiger partial charge in [0, 0.05) is 44.7 Å². The van der Waals surface area contributed by atoms with Crippen LogP contribution >= 0.6 is 11.3 Å². The van der Waals surface area contributed by atoms with Crippen LogP contribution < -0.4 is 21.5 Å². The molecule has 0 radical (unpaired) electrons. The molecular weight excluding hydrogens is 352 g/mol. The molecule has 1 N–H and O–H groups in total. The van der Waals surface area contributed by atoms with Crippen LogP contribution in [-0.2, 0) is 25.3 Å². The summed E-state index contributed by atoms with van der Waals surface area (Å²) in [5, 5.41) is 5.05. The summed E-state index contributed by atoms with van der Waals surface area (Å²) in [6, 6.07) is 5.54. The Kier molecular flexibility index (Phi) is 5.61. The van der Waals surface area contributed by atoms with E-state index in [1.54, 1.807) is 18.4 Å². The van der Waals surface area contributed by atoms with Crippen molar-refractivity contribution in [2.75, 3.05) is 24.5 Å². The molecule has 8 heteroatoms. The molecule has 140 valence electrons. The van der Waals surface area contributed by atoms with E-state index in [4.69, 9.17) is 0 Å². The van der Waals surface area contributed by atoms with E-state index in [0.29, 0.717) is 18.9 Å². The maximum atomic E-state index is 12.5. The number of nitrogens with zero attached hydrogens (tertiary/aromatic N) is 3. The predicted molar refractivity (Wildman–Crippen MR) is 103 cm³/mol. The minimum absolute atomic E-state index is 0.0417. The van der Waals surface area contributed by atoms with Crippen molar-refractivity contribution in [2.24, 2.45) is 20.0 Å². The zero-order chi connectivity index (χ0) is 18.7. The first kappa shape index (κ1) is 18.4. The molecule has 3 rings (SSSR count). The van der Waals surface area contributed by atoms with Crippen molar-refractivity contribution in [1.82, 2.24) is 14.5 Å². The number of carbonyl (C=O) groups is 1. The van der Waals surface area contributed by atoms with Crippen LogP contribution in [0.2, 0.25) is 0 Å². The molecule has 1 aliphatic rings. The summed E-state index contributed by atoms with van der Waals surface area (Å²) >= 11 is 1.69. The summed E-state index contributed by atoms with van der Waals surface area (Å²) in [6.07, 6.45) is 2.51. The Morgan fingerprint density at radius 1 is 1.31 bits per heavy atom. The molecule has 0 bridgehead atoms. The zero-order valence-electron chi connectivity index (χ0n) is 15.1. The number of nitrogens with one attached hydrogen (secondary N) is 1. The lowest BCUT2D eigenvalue weighted by atomic mass is 9.97. The Bertz CT molecular complexity index is 885. The van der Waals surface area contributed by atoms with E-state index in [1.807, 2.05) is 16.3 Å². The van der Waals surface area contributed by atoms with Gasteiger partial charge in [0.25, 0.3) is 5.56 Å². The van der Waals surface area contributed by atoms with Gasteiger partial charge in [0.15, 0.2) is 0 Å². The van der Waals surface area contributed by atoms with Crippen LogP contribution in [0.5, 0.6) is 0 Å². The molecule has 0 aromatic carbocycles. The van der Waals surface area contributed by atoms with Crippen molar-refractivity contribution in [2.45, 2.75) is 19.3 Å². The van der Waals surface area contributed by atoms with Gasteiger partial charge in [-0.2, -0.15) is 0 Å². The van der Waals surface area contributed by atoms with Crippen LogP contribution in [0.4, 0.5) is 5.82 Å². The number of piperidine rings is 1. The molecule has 1 unspecified atom stereocenters. The van der Waals surface area contributed by atoms with Crippen LogP contribution in [0.25, 0.3) is 0 Å². The minimum atomic E-state index is -0.352. The average molecular weight is 376 g/mol. The smallest absolute Gasteiger partial charge is 0.332 e. The Morgan fingerprint density at radius 3 is 2.85 bits per heavy atom. The molecule has 0 saturated carbocycles. The minimum Gasteiger partial charge on any atom is -0.357 e. The standard InChI is InChI=1S/C18H24N4O3S/c1-20-15(11-16(23)21(2)18(20)25)22-9-3-5-13(12-22)17(24)19-8-7-14-6-4-10-26-14/h4,6,10-11,13H,3,5,7-9,12H2,1-2H3,(H,19,24). The Labute approximate surface area is 155 Å². The summed E-state index contributed by atoms with van der Waals surface area (Å²) in [5.74, 6) is 0.487. The van der Waals surface area contributed by atoms with E-state index in [1.165, 1.54) is 22.6 Å². The number of amides is 1. The highest BCUT2D eigenvalue weighted by Crippen LogP contribution is 2.21. The van der Waals surface area contributed by atoms with Crippen LogP contribution in [-0.4, -0.2) is 34.7 Å². The van der Waals surface area contributed by atoms with Gasteiger partial charge in [-0.3, -0.25) is 18.7 Å². The van der Waals surface area contributed by atoms with Gasteiger partial charge in [-0.15, -0.1) is 11.3 Å². The molecule has 26 heavy (non-hydrogen) atoms. The molecule has 1 fully saturated rings. The van der Waals surface area contributed by atoms with E-state index >= 15 is 0 Å². The van der Waals surface area contributed by atoms with Crippen LogP contribution in [0.3, 0.4) is 0 Å². The molecular formula is C18H24N4O3S. The molecule has 1 amide bonds. The fraction of sp³-hybridized carbons (Fsp3) is 0.500. The topological polar surface area (TPSA) is 76.3 Å². The zero-order valence-corrected chi connectivity index (χ0v) is 15.9. The van der Waals surface area contributed by atoms with Crippen LogP contribution in [0.1, 0.15) is 17.7 Å². The molecule has 7 nitrogen and oxygen atoms in total. The Balaban J connectivity index is 1.65. The number of thiophene rings is 1. The largest absolute Gasteiger partial charge is 0.357 e. The fourth-order valence-corrected chi connectivity index (χ4v) is 4.04. The highest BCUT2D eigenvalue weighted by atomic mass is 32.1. The Hall–Kier alpha value is -2.35. The van der Waals surface area contributed by atoms with Crippen molar-refractivity contribution in [3.8, 4) is 0 Å². The number of anilines is 1. The summed E-state index contributed by atoms with van der Waals surface area (Å²) in [5.41, 5.74) is -0.680. The van der Waals surface area contributed by atoms with Crippen LogP contribution in [0, 0.1) is 5.92 Å². The van der Waals surface area contributed by atoms with Gasteiger partial charge in [-0.1, -0.05) is 6.07 Å². The Morgan fingerprint density at radius 2 is 2.12 bits per heavy atom. The lowest BCUT2D eigenvalue weighted by molar-refractivity contribution is -0.125. The molecule has 1 saturated heterocycles. The number of hydrogen-bond acceptors (Lipinski definition) is 5. The third-order valence-corrected chi connectivity index (χ3v) is 5.80. The third kappa shape index (κ3) is 3.90. The van der Waals surface area contributed by atoms with Crippen molar-refractivity contribution in [3.63, 3.8) is 0 Å². The van der Waals surface area contributed by atoms with Gasteiger partial charge in [-0.05, 0) is 30.7 Å². The molecule has 0 spiro atoms. The second-order valence-electron chi connectivity index (χ2n) is 6.65. The van der Waals surface area contributed by atoms with E-state index < -0.39 is 0 Å². The van der Waals surface area contributed by atoms with Gasteiger partial charge in [0.05, 0.1) is 5.92 Å². The normalized spacial score (nSPS) is 17.3. The van der Waals surface area contributed by atoms with Gasteiger partial charge < -0.3 is 10.2 Å². The van der Waals surface area contributed by atoms with E-state index in [2.05, 4.69) is 11.4 Å². The molecule has 3 heterocycles. The maximum Gasteiger partial charge on any atom is 0.332 e. The van der Waals surface area contributed by atoms with Crippen molar-refractivity contribution < 1.29 is 4.79 Å². The maximum absolute atomic E-state index is 12.5. The fourth-order valence-electron chi connectivity index (χ4n) is 3.33. The summed E-state index contributed by atoms with van der Waals surface area (Å²) in [6.45, 7) is 1.88. The predicted octanol–water partition coefficient (Wildman–Crippen LogP) is 0.721. The SMILES string of the molecule is Cn1c(N2CCCC(C(=O)NCCc3cccs3)C2)cc(=O)n(C)c1=O. The van der Waals surface area contributed by atoms with Gasteiger partial charge >= 0.3 is 5.69 Å². The average Bonchev–Trinajstić information content (AvgIpc) is 3.16. The molecule has 1 atom stereocenters.